The van der Waals surface area contributed by atoms with Crippen molar-refractivity contribution in [1.82, 2.24) is 9.88 Å². The van der Waals surface area contributed by atoms with E-state index in [1.54, 1.807) is 11.8 Å². The monoisotopic (exact) mass is 372 g/mol. The van der Waals surface area contributed by atoms with Gasteiger partial charge in [-0.2, -0.15) is 11.8 Å². The Morgan fingerprint density at radius 1 is 1.15 bits per heavy atom. The number of carboxylic acids is 1. The van der Waals surface area contributed by atoms with Crippen LogP contribution in [0.3, 0.4) is 0 Å². The number of thioether (sulfide) groups is 1. The lowest BCUT2D eigenvalue weighted by Gasteiger charge is -2.33. The number of nitrogens with one attached hydrogen (secondary N) is 1. The number of carboxylic acid groups (broad SMARTS) is 1. The van der Waals surface area contributed by atoms with Crippen molar-refractivity contribution in [1.29, 1.82) is 0 Å². The zero-order chi connectivity index (χ0) is 18.9. The van der Waals surface area contributed by atoms with E-state index in [1.807, 2.05) is 51.1 Å². The fourth-order valence-corrected chi connectivity index (χ4v) is 4.76. The molecule has 0 atom stereocenters. The van der Waals surface area contributed by atoms with E-state index in [1.165, 1.54) is 0 Å². The fraction of sp³-hybridized carbons (Fsp3) is 0.400. The molecule has 0 saturated carbocycles. The molecule has 1 aromatic heterocycles. The predicted molar refractivity (Wildman–Crippen MR) is 104 cm³/mol. The standard InChI is InChI=1S/C20H24N2O3S/c1-13-6-4-5-7-17(13)22-14(2)12-16(15(22)3)18(23)21-20(19(24)25)8-10-26-11-9-20/h4-7,12H,8-11H2,1-3H3,(H,21,23)(H,24,25). The lowest BCUT2D eigenvalue weighted by molar-refractivity contribution is -0.144. The molecule has 0 spiro atoms. The third-order valence-corrected chi connectivity index (χ3v) is 6.13. The van der Waals surface area contributed by atoms with Crippen LogP contribution >= 0.6 is 11.8 Å². The number of amides is 1. The predicted octanol–water partition coefficient (Wildman–Crippen LogP) is 3.48. The highest BCUT2D eigenvalue weighted by Crippen LogP contribution is 2.29. The molecule has 1 amide bonds. The zero-order valence-electron chi connectivity index (χ0n) is 15.3. The average molecular weight is 372 g/mol. The number of nitrogens with zero attached hydrogens (tertiary/aromatic N) is 1. The number of carbonyl (C=O) groups excluding carboxylic acids is 1. The van der Waals surface area contributed by atoms with Gasteiger partial charge in [0.25, 0.3) is 5.91 Å². The summed E-state index contributed by atoms with van der Waals surface area (Å²) < 4.78 is 2.05. The topological polar surface area (TPSA) is 71.3 Å². The average Bonchev–Trinajstić information content (AvgIpc) is 2.91. The Bertz CT molecular complexity index is 851. The summed E-state index contributed by atoms with van der Waals surface area (Å²) in [5.41, 5.74) is 3.29. The van der Waals surface area contributed by atoms with Crippen LogP contribution in [0.25, 0.3) is 5.69 Å². The molecular weight excluding hydrogens is 348 g/mol. The van der Waals surface area contributed by atoms with Crippen molar-refractivity contribution in [3.05, 3.63) is 52.8 Å². The first-order valence-electron chi connectivity index (χ1n) is 8.74. The first-order chi connectivity index (χ1) is 12.4. The molecule has 1 aliphatic rings. The molecule has 138 valence electrons. The van der Waals surface area contributed by atoms with Crippen LogP contribution in [0.1, 0.15) is 40.2 Å². The van der Waals surface area contributed by atoms with Gasteiger partial charge in [0, 0.05) is 17.1 Å². The summed E-state index contributed by atoms with van der Waals surface area (Å²) in [4.78, 5) is 24.8. The number of hydrogen-bond acceptors (Lipinski definition) is 3. The Kier molecular flexibility index (Phi) is 5.14. The maximum Gasteiger partial charge on any atom is 0.329 e. The minimum absolute atomic E-state index is 0.313. The highest BCUT2D eigenvalue weighted by Gasteiger charge is 2.41. The lowest BCUT2D eigenvalue weighted by atomic mass is 9.92. The summed E-state index contributed by atoms with van der Waals surface area (Å²) in [6.07, 6.45) is 0.907. The molecule has 2 aromatic rings. The van der Waals surface area contributed by atoms with Crippen molar-refractivity contribution in [2.24, 2.45) is 0 Å². The first kappa shape index (κ1) is 18.6. The molecule has 3 rings (SSSR count). The second-order valence-electron chi connectivity index (χ2n) is 6.86. The van der Waals surface area contributed by atoms with Gasteiger partial charge in [-0.25, -0.2) is 4.79 Å². The first-order valence-corrected chi connectivity index (χ1v) is 9.90. The summed E-state index contributed by atoms with van der Waals surface area (Å²) in [5.74, 6) is 0.231. The van der Waals surface area contributed by atoms with Crippen molar-refractivity contribution in [2.75, 3.05) is 11.5 Å². The van der Waals surface area contributed by atoms with E-state index in [9.17, 15) is 14.7 Å². The third-order valence-electron chi connectivity index (χ3n) is 5.14. The van der Waals surface area contributed by atoms with Crippen LogP contribution in [0.5, 0.6) is 0 Å². The fourth-order valence-electron chi connectivity index (χ4n) is 3.57. The normalized spacial score (nSPS) is 16.3. The van der Waals surface area contributed by atoms with Gasteiger partial charge in [0.15, 0.2) is 0 Å². The second-order valence-corrected chi connectivity index (χ2v) is 8.09. The largest absolute Gasteiger partial charge is 0.480 e. The van der Waals surface area contributed by atoms with Gasteiger partial charge >= 0.3 is 5.97 Å². The van der Waals surface area contributed by atoms with Gasteiger partial charge in [-0.3, -0.25) is 4.79 Å². The van der Waals surface area contributed by atoms with Crippen LogP contribution in [-0.4, -0.2) is 38.6 Å². The highest BCUT2D eigenvalue weighted by atomic mass is 32.2. The number of rotatable bonds is 4. The van der Waals surface area contributed by atoms with Crippen LogP contribution in [0.4, 0.5) is 0 Å². The lowest BCUT2D eigenvalue weighted by Crippen LogP contribution is -2.56. The number of carbonyl (C=O) groups is 2. The smallest absolute Gasteiger partial charge is 0.329 e. The molecule has 5 nitrogen and oxygen atoms in total. The number of hydrogen-bond donors (Lipinski definition) is 2. The third kappa shape index (κ3) is 3.26. The van der Waals surface area contributed by atoms with Crippen LogP contribution < -0.4 is 5.32 Å². The Labute approximate surface area is 157 Å². The van der Waals surface area contributed by atoms with Crippen molar-refractivity contribution in [3.8, 4) is 5.69 Å². The van der Waals surface area contributed by atoms with E-state index >= 15 is 0 Å². The highest BCUT2D eigenvalue weighted by molar-refractivity contribution is 7.99. The number of benzene rings is 1. The number of aliphatic carboxylic acids is 1. The summed E-state index contributed by atoms with van der Waals surface area (Å²) in [6.45, 7) is 5.89. The summed E-state index contributed by atoms with van der Waals surface area (Å²) in [5, 5.41) is 12.5. The minimum Gasteiger partial charge on any atom is -0.480 e. The minimum atomic E-state index is -1.16. The van der Waals surface area contributed by atoms with E-state index in [-0.39, 0.29) is 5.91 Å². The van der Waals surface area contributed by atoms with Crippen LogP contribution in [-0.2, 0) is 4.79 Å². The van der Waals surface area contributed by atoms with Gasteiger partial charge < -0.3 is 15.0 Å². The molecule has 26 heavy (non-hydrogen) atoms. The Morgan fingerprint density at radius 2 is 1.81 bits per heavy atom. The van der Waals surface area contributed by atoms with Gasteiger partial charge in [-0.15, -0.1) is 0 Å². The molecule has 0 aliphatic carbocycles. The van der Waals surface area contributed by atoms with E-state index < -0.39 is 11.5 Å². The molecule has 0 unspecified atom stereocenters. The molecule has 1 aliphatic heterocycles. The molecule has 6 heteroatoms. The van der Waals surface area contributed by atoms with Gasteiger partial charge in [0.2, 0.25) is 0 Å². The van der Waals surface area contributed by atoms with Crippen LogP contribution in [0.2, 0.25) is 0 Å². The number of aryl methyl sites for hydroxylation is 2. The van der Waals surface area contributed by atoms with Gasteiger partial charge in [-0.05, 0) is 62.8 Å². The summed E-state index contributed by atoms with van der Waals surface area (Å²) in [7, 11) is 0. The van der Waals surface area contributed by atoms with Crippen molar-refractivity contribution >= 4 is 23.6 Å². The Balaban J connectivity index is 1.95. The Hall–Kier alpha value is -2.21. The maximum atomic E-state index is 12.9. The quantitative estimate of drug-likeness (QED) is 0.862. The Morgan fingerprint density at radius 3 is 2.42 bits per heavy atom. The van der Waals surface area contributed by atoms with E-state index in [0.29, 0.717) is 18.4 Å². The van der Waals surface area contributed by atoms with Crippen LogP contribution in [0.15, 0.2) is 30.3 Å². The van der Waals surface area contributed by atoms with Crippen molar-refractivity contribution in [2.45, 2.75) is 39.2 Å². The number of para-hydroxylation sites is 1. The molecule has 1 saturated heterocycles. The zero-order valence-corrected chi connectivity index (χ0v) is 16.2. The van der Waals surface area contributed by atoms with Gasteiger partial charge in [0.1, 0.15) is 5.54 Å². The van der Waals surface area contributed by atoms with Crippen LogP contribution in [0, 0.1) is 20.8 Å². The van der Waals surface area contributed by atoms with E-state index in [4.69, 9.17) is 0 Å². The molecule has 1 fully saturated rings. The summed E-state index contributed by atoms with van der Waals surface area (Å²) in [6, 6.07) is 9.85. The SMILES string of the molecule is Cc1ccccc1-n1c(C)cc(C(=O)NC2(C(=O)O)CCSCC2)c1C. The molecule has 1 aromatic carbocycles. The molecule has 0 bridgehead atoms. The van der Waals surface area contributed by atoms with Gasteiger partial charge in [-0.1, -0.05) is 18.2 Å². The van der Waals surface area contributed by atoms with E-state index in [2.05, 4.69) is 9.88 Å². The van der Waals surface area contributed by atoms with Crippen molar-refractivity contribution in [3.63, 3.8) is 0 Å². The van der Waals surface area contributed by atoms with E-state index in [0.717, 1.165) is 34.1 Å². The molecule has 2 heterocycles. The molecular formula is C20H24N2O3S. The van der Waals surface area contributed by atoms with Crippen molar-refractivity contribution < 1.29 is 14.7 Å². The molecule has 2 N–H and O–H groups in total. The summed E-state index contributed by atoms with van der Waals surface area (Å²) >= 11 is 1.73. The molecule has 0 radical (unpaired) electrons. The second kappa shape index (κ2) is 7.19. The number of aromatic nitrogens is 1. The van der Waals surface area contributed by atoms with Gasteiger partial charge in [0.05, 0.1) is 5.56 Å². The maximum absolute atomic E-state index is 12.9.